The van der Waals surface area contributed by atoms with Gasteiger partial charge in [-0.3, -0.25) is 4.79 Å². The Bertz CT molecular complexity index is 230. The molecule has 0 radical (unpaired) electrons. The maximum Gasteiger partial charge on any atom is 0.320 e. The molecular formula is C8H13BrO5. The highest BCUT2D eigenvalue weighted by Gasteiger charge is 2.41. The fraction of sp³-hybridized carbons (Fsp3) is 0.875. The number of carboxylic acids is 1. The minimum atomic E-state index is -1.12. The molecule has 3 atom stereocenters. The summed E-state index contributed by atoms with van der Waals surface area (Å²) in [6.45, 7) is 3.62. The van der Waals surface area contributed by atoms with Gasteiger partial charge in [-0.1, -0.05) is 15.9 Å². The van der Waals surface area contributed by atoms with Crippen molar-refractivity contribution in [2.75, 3.05) is 6.61 Å². The van der Waals surface area contributed by atoms with Gasteiger partial charge in [-0.05, 0) is 13.8 Å². The molecule has 0 aromatic carbocycles. The lowest BCUT2D eigenvalue weighted by Crippen LogP contribution is -2.40. The molecule has 0 amide bonds. The van der Waals surface area contributed by atoms with Crippen molar-refractivity contribution in [3.63, 3.8) is 0 Å². The highest BCUT2D eigenvalue weighted by Crippen LogP contribution is 2.26. The molecule has 0 aromatic heterocycles. The summed E-state index contributed by atoms with van der Waals surface area (Å²) in [5.41, 5.74) is 0. The Morgan fingerprint density at radius 2 is 2.21 bits per heavy atom. The van der Waals surface area contributed by atoms with E-state index in [-0.39, 0.29) is 6.61 Å². The van der Waals surface area contributed by atoms with Gasteiger partial charge in [-0.25, -0.2) is 0 Å². The molecule has 5 nitrogen and oxygen atoms in total. The van der Waals surface area contributed by atoms with Gasteiger partial charge in [0.05, 0.1) is 6.61 Å². The molecule has 2 N–H and O–H groups in total. The Balaban J connectivity index is 2.55. The number of aliphatic carboxylic acids is 1. The van der Waals surface area contributed by atoms with E-state index in [1.807, 2.05) is 0 Å². The number of carbonyl (C=O) groups is 1. The van der Waals surface area contributed by atoms with E-state index in [4.69, 9.17) is 14.6 Å². The van der Waals surface area contributed by atoms with Gasteiger partial charge in [-0.2, -0.15) is 0 Å². The zero-order valence-electron chi connectivity index (χ0n) is 7.94. The molecule has 14 heavy (non-hydrogen) atoms. The van der Waals surface area contributed by atoms with Crippen LogP contribution in [0, 0.1) is 0 Å². The normalized spacial score (nSPS) is 29.9. The third-order valence-corrected chi connectivity index (χ3v) is 2.88. The Labute approximate surface area is 90.1 Å². The fourth-order valence-electron chi connectivity index (χ4n) is 1.22. The summed E-state index contributed by atoms with van der Waals surface area (Å²) in [5.74, 6) is -1.87. The van der Waals surface area contributed by atoms with Crippen molar-refractivity contribution >= 4 is 21.9 Å². The van der Waals surface area contributed by atoms with E-state index in [0.717, 1.165) is 0 Å². The first-order valence-electron chi connectivity index (χ1n) is 4.20. The van der Waals surface area contributed by atoms with E-state index in [1.165, 1.54) is 0 Å². The number of aliphatic hydroxyl groups excluding tert-OH is 1. The van der Waals surface area contributed by atoms with E-state index in [9.17, 15) is 9.90 Å². The molecule has 0 spiro atoms. The van der Waals surface area contributed by atoms with E-state index >= 15 is 0 Å². The molecule has 6 heteroatoms. The summed E-state index contributed by atoms with van der Waals surface area (Å²) in [7, 11) is 0. The highest BCUT2D eigenvalue weighted by atomic mass is 79.9. The molecule has 1 saturated heterocycles. The van der Waals surface area contributed by atoms with Crippen LogP contribution in [-0.2, 0) is 14.3 Å². The molecule has 0 saturated carbocycles. The smallest absolute Gasteiger partial charge is 0.320 e. The zero-order valence-corrected chi connectivity index (χ0v) is 9.52. The van der Waals surface area contributed by atoms with Gasteiger partial charge < -0.3 is 19.7 Å². The van der Waals surface area contributed by atoms with Crippen LogP contribution >= 0.6 is 15.9 Å². The summed E-state index contributed by atoms with van der Waals surface area (Å²) < 4.78 is 10.5. The van der Waals surface area contributed by atoms with Crippen molar-refractivity contribution in [2.24, 2.45) is 0 Å². The predicted molar refractivity (Wildman–Crippen MR) is 51.3 cm³/mol. The minimum Gasteiger partial charge on any atom is -0.480 e. The second-order valence-corrected chi connectivity index (χ2v) is 4.58. The topological polar surface area (TPSA) is 76.0 Å². The predicted octanol–water partition coefficient (Wildman–Crippen LogP) is 0.347. The van der Waals surface area contributed by atoms with E-state index < -0.39 is 28.8 Å². The minimum absolute atomic E-state index is 0.198. The molecule has 0 aliphatic carbocycles. The van der Waals surface area contributed by atoms with Crippen LogP contribution in [0.5, 0.6) is 0 Å². The first-order valence-corrected chi connectivity index (χ1v) is 5.12. The molecule has 0 aromatic rings. The van der Waals surface area contributed by atoms with E-state index in [1.54, 1.807) is 13.8 Å². The Morgan fingerprint density at radius 1 is 1.64 bits per heavy atom. The van der Waals surface area contributed by atoms with Gasteiger partial charge in [0.2, 0.25) is 0 Å². The lowest BCUT2D eigenvalue weighted by atomic mass is 10.1. The van der Waals surface area contributed by atoms with Crippen molar-refractivity contribution in [3.05, 3.63) is 0 Å². The third kappa shape index (κ3) is 2.66. The number of carboxylic acid groups (broad SMARTS) is 1. The first kappa shape index (κ1) is 11.9. The number of alkyl halides is 1. The average Bonchev–Trinajstić information content (AvgIpc) is 2.43. The van der Waals surface area contributed by atoms with Crippen LogP contribution in [0.4, 0.5) is 0 Å². The fourth-order valence-corrected chi connectivity index (χ4v) is 1.56. The number of aliphatic hydroxyl groups is 1. The summed E-state index contributed by atoms with van der Waals surface area (Å²) in [4.78, 5) is 9.52. The van der Waals surface area contributed by atoms with Gasteiger partial charge in [0, 0.05) is 0 Å². The summed E-state index contributed by atoms with van der Waals surface area (Å²) in [6.07, 6.45) is -1.72. The largest absolute Gasteiger partial charge is 0.480 e. The number of ether oxygens (including phenoxy) is 2. The standard InChI is InChI=1S/C8H13BrO5/c1-8(2)13-3-4(14-8)6(10)5(9)7(11)12/h4-6,10H,3H2,1-2H3,(H,11,12)/t4-,5?,6-/m1/s1. The van der Waals surface area contributed by atoms with Crippen molar-refractivity contribution in [1.29, 1.82) is 0 Å². The molecule has 1 rings (SSSR count). The van der Waals surface area contributed by atoms with Gasteiger partial charge in [0.1, 0.15) is 17.0 Å². The van der Waals surface area contributed by atoms with Gasteiger partial charge in [-0.15, -0.1) is 0 Å². The Kier molecular flexibility index (Phi) is 3.52. The third-order valence-electron chi connectivity index (χ3n) is 1.95. The molecular weight excluding hydrogens is 256 g/mol. The molecule has 1 unspecified atom stereocenters. The van der Waals surface area contributed by atoms with Crippen molar-refractivity contribution in [1.82, 2.24) is 0 Å². The van der Waals surface area contributed by atoms with Crippen LogP contribution in [0.3, 0.4) is 0 Å². The second kappa shape index (κ2) is 4.14. The summed E-state index contributed by atoms with van der Waals surface area (Å²) in [6, 6.07) is 0. The van der Waals surface area contributed by atoms with E-state index in [0.29, 0.717) is 0 Å². The molecule has 1 heterocycles. The van der Waals surface area contributed by atoms with Gasteiger partial charge >= 0.3 is 5.97 Å². The quantitative estimate of drug-likeness (QED) is 0.723. The number of hydrogen-bond acceptors (Lipinski definition) is 4. The van der Waals surface area contributed by atoms with Crippen LogP contribution in [0.25, 0.3) is 0 Å². The second-order valence-electron chi connectivity index (χ2n) is 3.60. The monoisotopic (exact) mass is 268 g/mol. The van der Waals surface area contributed by atoms with Crippen LogP contribution in [0.15, 0.2) is 0 Å². The molecule has 0 bridgehead atoms. The molecule has 1 fully saturated rings. The summed E-state index contributed by atoms with van der Waals surface area (Å²) >= 11 is 2.87. The molecule has 82 valence electrons. The molecule has 1 aliphatic rings. The van der Waals surface area contributed by atoms with Crippen LogP contribution < -0.4 is 0 Å². The van der Waals surface area contributed by atoms with Crippen molar-refractivity contribution in [2.45, 2.75) is 36.7 Å². The van der Waals surface area contributed by atoms with Crippen LogP contribution in [0.1, 0.15) is 13.8 Å². The lowest BCUT2D eigenvalue weighted by Gasteiger charge is -2.21. The van der Waals surface area contributed by atoms with Crippen LogP contribution in [-0.4, -0.2) is 45.6 Å². The first-order chi connectivity index (χ1) is 6.33. The lowest BCUT2D eigenvalue weighted by molar-refractivity contribution is -0.156. The Morgan fingerprint density at radius 3 is 2.57 bits per heavy atom. The molecule has 1 aliphatic heterocycles. The van der Waals surface area contributed by atoms with E-state index in [2.05, 4.69) is 15.9 Å². The maximum absolute atomic E-state index is 10.6. The van der Waals surface area contributed by atoms with Crippen LogP contribution in [0.2, 0.25) is 0 Å². The van der Waals surface area contributed by atoms with Gasteiger partial charge in [0.25, 0.3) is 0 Å². The van der Waals surface area contributed by atoms with Crippen molar-refractivity contribution < 1.29 is 24.5 Å². The number of hydrogen-bond donors (Lipinski definition) is 2. The Hall–Kier alpha value is -0.170. The zero-order chi connectivity index (χ0) is 10.9. The van der Waals surface area contributed by atoms with Crippen molar-refractivity contribution in [3.8, 4) is 0 Å². The van der Waals surface area contributed by atoms with Gasteiger partial charge in [0.15, 0.2) is 5.79 Å². The number of rotatable bonds is 3. The summed E-state index contributed by atoms with van der Waals surface area (Å²) in [5, 5.41) is 18.2. The average molecular weight is 269 g/mol. The maximum atomic E-state index is 10.6. The SMILES string of the molecule is CC1(C)OC[C@H]([C@@H](O)C(Br)C(=O)O)O1. The number of halogens is 1. The highest BCUT2D eigenvalue weighted by molar-refractivity contribution is 9.10.